The average Bonchev–Trinajstić information content (AvgIpc) is 3.28. The largest absolute Gasteiger partial charge is 0.310 e. The molecule has 0 bridgehead atoms. The molecule has 0 aliphatic carbocycles. The van der Waals surface area contributed by atoms with Gasteiger partial charge in [-0.1, -0.05) is 60.1 Å². The maximum atomic E-state index is 9.86. The molecule has 0 atom stereocenters. The zero-order chi connectivity index (χ0) is 22.0. The van der Waals surface area contributed by atoms with Gasteiger partial charge in [-0.3, -0.25) is 4.68 Å². The number of nitriles is 1. The minimum Gasteiger partial charge on any atom is -0.310 e. The number of rotatable bonds is 5. The molecule has 4 rings (SSSR count). The van der Waals surface area contributed by atoms with Gasteiger partial charge in [0.1, 0.15) is 6.07 Å². The zero-order valence-corrected chi connectivity index (χ0v) is 18.3. The topological polar surface area (TPSA) is 72.3 Å². The van der Waals surface area contributed by atoms with E-state index in [9.17, 15) is 5.26 Å². The predicted molar refractivity (Wildman–Crippen MR) is 122 cm³/mol. The summed E-state index contributed by atoms with van der Waals surface area (Å²) in [5, 5.41) is 23.8. The molecule has 0 saturated carbocycles. The molecule has 0 radical (unpaired) electrons. The molecule has 0 aliphatic rings. The van der Waals surface area contributed by atoms with E-state index >= 15 is 0 Å². The van der Waals surface area contributed by atoms with E-state index in [1.54, 1.807) is 0 Å². The summed E-state index contributed by atoms with van der Waals surface area (Å²) in [5.41, 5.74) is 5.06. The minimum atomic E-state index is 0.431. The van der Waals surface area contributed by atoms with Crippen LogP contribution in [0.5, 0.6) is 0 Å². The summed E-state index contributed by atoms with van der Waals surface area (Å²) in [6.07, 6.45) is 1.83. The Balaban J connectivity index is 1.71. The van der Waals surface area contributed by atoms with E-state index in [4.69, 9.17) is 11.6 Å². The fourth-order valence-electron chi connectivity index (χ4n) is 3.56. The number of hydrogen-bond acceptors (Lipinski definition) is 4. The van der Waals surface area contributed by atoms with Gasteiger partial charge >= 0.3 is 0 Å². The average molecular weight is 429 g/mol. The van der Waals surface area contributed by atoms with Crippen molar-refractivity contribution >= 4 is 23.3 Å². The highest BCUT2D eigenvalue weighted by Gasteiger charge is 2.17. The highest BCUT2D eigenvalue weighted by molar-refractivity contribution is 6.31. The summed E-state index contributed by atoms with van der Waals surface area (Å²) in [6, 6.07) is 19.8. The molecule has 0 saturated heterocycles. The lowest BCUT2D eigenvalue weighted by atomic mass is 10.1. The van der Waals surface area contributed by atoms with Crippen LogP contribution in [0.25, 0.3) is 23.0 Å². The number of benzene rings is 2. The van der Waals surface area contributed by atoms with Crippen molar-refractivity contribution in [3.05, 3.63) is 88.0 Å². The van der Waals surface area contributed by atoms with Crippen molar-refractivity contribution in [2.24, 2.45) is 7.05 Å². The third kappa shape index (κ3) is 4.00. The first kappa shape index (κ1) is 20.6. The molecular weight excluding hydrogens is 408 g/mol. The summed E-state index contributed by atoms with van der Waals surface area (Å²) >= 11 is 6.32. The zero-order valence-electron chi connectivity index (χ0n) is 17.5. The maximum Gasteiger partial charge on any atom is 0.174 e. The SMILES string of the molecule is Cc1nn(Cc2ccccc2Cl)c(C)c1/C=C(/C#N)c1nnc(-c2ccccc2)n1C. The first-order valence-electron chi connectivity index (χ1n) is 9.84. The lowest BCUT2D eigenvalue weighted by Crippen LogP contribution is -2.04. The maximum absolute atomic E-state index is 9.86. The van der Waals surface area contributed by atoms with Crippen LogP contribution in [0.2, 0.25) is 5.02 Å². The van der Waals surface area contributed by atoms with Gasteiger partial charge < -0.3 is 4.57 Å². The van der Waals surface area contributed by atoms with Crippen LogP contribution >= 0.6 is 11.6 Å². The first-order chi connectivity index (χ1) is 15.0. The number of aromatic nitrogens is 5. The van der Waals surface area contributed by atoms with Crippen molar-refractivity contribution in [2.45, 2.75) is 20.4 Å². The lowest BCUT2D eigenvalue weighted by Gasteiger charge is -2.07. The molecule has 2 aromatic heterocycles. The fourth-order valence-corrected chi connectivity index (χ4v) is 3.75. The van der Waals surface area contributed by atoms with Crippen LogP contribution in [-0.2, 0) is 13.6 Å². The van der Waals surface area contributed by atoms with Gasteiger partial charge in [0.15, 0.2) is 11.6 Å². The van der Waals surface area contributed by atoms with Crippen LogP contribution in [-0.4, -0.2) is 24.5 Å². The Labute approximate surface area is 186 Å². The Morgan fingerprint density at radius 3 is 2.48 bits per heavy atom. The molecule has 2 heterocycles. The third-order valence-corrected chi connectivity index (χ3v) is 5.64. The standard InChI is InChI=1S/C24H21ClN6/c1-16-21(17(2)31(29-16)15-19-11-7-8-12-22(19)25)13-20(14-26)24-28-27-23(30(24)3)18-9-5-4-6-10-18/h4-13H,15H2,1-3H3/b20-13-. The molecule has 0 unspecified atom stereocenters. The second-order valence-electron chi connectivity index (χ2n) is 7.28. The summed E-state index contributed by atoms with van der Waals surface area (Å²) in [6.45, 7) is 4.48. The molecular formula is C24H21ClN6. The molecule has 154 valence electrons. The van der Waals surface area contributed by atoms with Crippen molar-refractivity contribution in [2.75, 3.05) is 0 Å². The van der Waals surface area contributed by atoms with Gasteiger partial charge in [0.2, 0.25) is 0 Å². The van der Waals surface area contributed by atoms with Gasteiger partial charge in [0, 0.05) is 28.9 Å². The smallest absolute Gasteiger partial charge is 0.174 e. The third-order valence-electron chi connectivity index (χ3n) is 5.27. The Bertz CT molecular complexity index is 1310. The van der Waals surface area contributed by atoms with Gasteiger partial charge in [-0.25, -0.2) is 0 Å². The van der Waals surface area contributed by atoms with Crippen molar-refractivity contribution in [3.8, 4) is 17.5 Å². The van der Waals surface area contributed by atoms with E-state index in [1.807, 2.05) is 90.8 Å². The number of allylic oxidation sites excluding steroid dienone is 1. The Morgan fingerprint density at radius 1 is 1.06 bits per heavy atom. The van der Waals surface area contributed by atoms with Crippen molar-refractivity contribution < 1.29 is 0 Å². The van der Waals surface area contributed by atoms with Crippen LogP contribution < -0.4 is 0 Å². The quantitative estimate of drug-likeness (QED) is 0.416. The second-order valence-corrected chi connectivity index (χ2v) is 7.68. The van der Waals surface area contributed by atoms with E-state index in [0.717, 1.165) is 28.1 Å². The van der Waals surface area contributed by atoms with Crippen LogP contribution in [0.4, 0.5) is 0 Å². The Kier molecular flexibility index (Phi) is 5.70. The van der Waals surface area contributed by atoms with Crippen LogP contribution in [0.3, 0.4) is 0 Å². The van der Waals surface area contributed by atoms with Crippen molar-refractivity contribution in [1.29, 1.82) is 5.26 Å². The van der Waals surface area contributed by atoms with E-state index < -0.39 is 0 Å². The molecule has 2 aromatic carbocycles. The highest BCUT2D eigenvalue weighted by atomic mass is 35.5. The number of nitrogens with zero attached hydrogens (tertiary/aromatic N) is 6. The second kappa shape index (κ2) is 8.58. The van der Waals surface area contributed by atoms with Gasteiger partial charge in [-0.2, -0.15) is 10.4 Å². The minimum absolute atomic E-state index is 0.431. The fraction of sp³-hybridized carbons (Fsp3) is 0.167. The van der Waals surface area contributed by atoms with E-state index in [1.165, 1.54) is 0 Å². The van der Waals surface area contributed by atoms with Gasteiger partial charge in [0.25, 0.3) is 0 Å². The number of hydrogen-bond donors (Lipinski definition) is 0. The summed E-state index contributed by atoms with van der Waals surface area (Å²) < 4.78 is 3.74. The lowest BCUT2D eigenvalue weighted by molar-refractivity contribution is 0.659. The Morgan fingerprint density at radius 2 is 1.77 bits per heavy atom. The first-order valence-corrected chi connectivity index (χ1v) is 10.2. The van der Waals surface area contributed by atoms with Gasteiger partial charge in [0.05, 0.1) is 17.8 Å². The van der Waals surface area contributed by atoms with E-state index in [2.05, 4.69) is 21.4 Å². The molecule has 0 amide bonds. The van der Waals surface area contributed by atoms with Crippen molar-refractivity contribution in [1.82, 2.24) is 24.5 Å². The molecule has 0 aliphatic heterocycles. The predicted octanol–water partition coefficient (Wildman–Crippen LogP) is 5.06. The molecule has 4 aromatic rings. The normalized spacial score (nSPS) is 11.5. The Hall–Kier alpha value is -3.69. The number of aryl methyl sites for hydroxylation is 1. The molecule has 6 nitrogen and oxygen atoms in total. The van der Waals surface area contributed by atoms with E-state index in [0.29, 0.717) is 28.8 Å². The summed E-state index contributed by atoms with van der Waals surface area (Å²) in [4.78, 5) is 0. The van der Waals surface area contributed by atoms with Crippen LogP contribution in [0.1, 0.15) is 28.3 Å². The summed E-state index contributed by atoms with van der Waals surface area (Å²) in [7, 11) is 1.86. The highest BCUT2D eigenvalue weighted by Crippen LogP contribution is 2.25. The molecule has 0 N–H and O–H groups in total. The summed E-state index contributed by atoms with van der Waals surface area (Å²) in [5.74, 6) is 1.22. The molecule has 0 fully saturated rings. The van der Waals surface area contributed by atoms with Crippen LogP contribution in [0.15, 0.2) is 54.6 Å². The van der Waals surface area contributed by atoms with E-state index in [-0.39, 0.29) is 0 Å². The molecule has 7 heteroatoms. The molecule has 0 spiro atoms. The van der Waals surface area contributed by atoms with Crippen LogP contribution in [0, 0.1) is 25.2 Å². The van der Waals surface area contributed by atoms with Gasteiger partial charge in [-0.05, 0) is 31.6 Å². The van der Waals surface area contributed by atoms with Gasteiger partial charge in [-0.15, -0.1) is 10.2 Å². The number of halogens is 1. The monoisotopic (exact) mass is 428 g/mol. The molecule has 31 heavy (non-hydrogen) atoms. The van der Waals surface area contributed by atoms with Crippen molar-refractivity contribution in [3.63, 3.8) is 0 Å².